The molecule has 1 unspecified atom stereocenters. The molecule has 4 rings (SSSR count). The Balaban J connectivity index is 1.69. The summed E-state index contributed by atoms with van der Waals surface area (Å²) in [5, 5.41) is 12.3. The number of tetrazole rings is 1. The molecule has 4 amide bonds. The molecule has 0 spiro atoms. The van der Waals surface area contributed by atoms with Crippen molar-refractivity contribution in [3.05, 3.63) is 36.2 Å². The fourth-order valence-corrected chi connectivity index (χ4v) is 4.85. The lowest BCUT2D eigenvalue weighted by Crippen LogP contribution is -2.73. The van der Waals surface area contributed by atoms with Crippen LogP contribution in [0, 0.1) is 11.8 Å². The molecular weight excluding hydrogens is 492 g/mol. The second-order valence-corrected chi connectivity index (χ2v) is 10.5. The van der Waals surface area contributed by atoms with E-state index in [2.05, 4.69) is 15.5 Å². The fourth-order valence-electron chi connectivity index (χ4n) is 4.85. The maximum absolute atomic E-state index is 13.8. The third-order valence-corrected chi connectivity index (χ3v) is 6.61. The highest BCUT2D eigenvalue weighted by Crippen LogP contribution is 2.33. The Morgan fingerprint density at radius 2 is 1.74 bits per heavy atom. The van der Waals surface area contributed by atoms with Crippen LogP contribution in [0.1, 0.15) is 57.3 Å². The first kappa shape index (κ1) is 27.2. The number of aromatic nitrogens is 4. The van der Waals surface area contributed by atoms with E-state index < -0.39 is 30.1 Å². The Kier molecular flexibility index (Phi) is 8.05. The van der Waals surface area contributed by atoms with Crippen LogP contribution in [0.4, 0.5) is 0 Å². The van der Waals surface area contributed by atoms with Crippen molar-refractivity contribution in [1.82, 2.24) is 35.1 Å². The number of piperazine rings is 1. The van der Waals surface area contributed by atoms with Crippen molar-refractivity contribution in [1.29, 1.82) is 0 Å². The van der Waals surface area contributed by atoms with Gasteiger partial charge in [-0.15, -0.1) is 5.10 Å². The van der Waals surface area contributed by atoms with Gasteiger partial charge in [-0.25, -0.2) is 4.68 Å². The second kappa shape index (κ2) is 11.3. The van der Waals surface area contributed by atoms with Crippen molar-refractivity contribution in [3.63, 3.8) is 0 Å². The molecular formula is C25H34N8O5. The maximum atomic E-state index is 13.8. The number of nitrogens with zero attached hydrogens (tertiary/aromatic N) is 7. The summed E-state index contributed by atoms with van der Waals surface area (Å²) in [6, 6.07) is 5.88. The first-order chi connectivity index (χ1) is 18.1. The Morgan fingerprint density at radius 3 is 2.32 bits per heavy atom. The summed E-state index contributed by atoms with van der Waals surface area (Å²) in [5.41, 5.74) is 6.34. The number of rotatable bonds is 9. The number of carbonyl (C=O) groups is 4. The monoisotopic (exact) mass is 526 g/mol. The van der Waals surface area contributed by atoms with E-state index in [1.807, 2.05) is 27.7 Å². The molecule has 13 nitrogen and oxygen atoms in total. The molecule has 2 saturated heterocycles. The molecule has 13 heteroatoms. The molecule has 204 valence electrons. The normalized spacial score (nSPS) is 21.8. The zero-order valence-electron chi connectivity index (χ0n) is 22.1. The van der Waals surface area contributed by atoms with Gasteiger partial charge < -0.3 is 15.5 Å². The highest BCUT2D eigenvalue weighted by atomic mass is 16.7. The average molecular weight is 527 g/mol. The zero-order chi connectivity index (χ0) is 27.6. The van der Waals surface area contributed by atoms with Gasteiger partial charge in [-0.1, -0.05) is 27.7 Å². The summed E-state index contributed by atoms with van der Waals surface area (Å²) in [4.78, 5) is 61.6. The van der Waals surface area contributed by atoms with Gasteiger partial charge in [0.2, 0.25) is 11.8 Å². The molecule has 2 aliphatic rings. The molecule has 2 aliphatic heterocycles. The first-order valence-electron chi connectivity index (χ1n) is 12.8. The van der Waals surface area contributed by atoms with Crippen LogP contribution < -0.4 is 5.73 Å². The van der Waals surface area contributed by atoms with E-state index >= 15 is 0 Å². The molecule has 0 saturated carbocycles. The average Bonchev–Trinajstić information content (AvgIpc) is 3.40. The van der Waals surface area contributed by atoms with Crippen molar-refractivity contribution < 1.29 is 24.0 Å². The van der Waals surface area contributed by atoms with Gasteiger partial charge in [-0.2, -0.15) is 5.06 Å². The van der Waals surface area contributed by atoms with Gasteiger partial charge in [0, 0.05) is 18.5 Å². The van der Waals surface area contributed by atoms with Crippen molar-refractivity contribution in [2.75, 3.05) is 13.1 Å². The maximum Gasteiger partial charge on any atom is 0.279 e. The minimum Gasteiger partial charge on any atom is -0.370 e. The third-order valence-electron chi connectivity index (χ3n) is 6.61. The predicted octanol–water partition coefficient (Wildman–Crippen LogP) is 0.751. The number of carbonyl (C=O) groups excluding carboxylic acids is 4. The quantitative estimate of drug-likeness (QED) is 0.502. The van der Waals surface area contributed by atoms with Crippen LogP contribution in [-0.2, 0) is 19.2 Å². The lowest BCUT2D eigenvalue weighted by Gasteiger charge is -2.53. The molecule has 0 radical (unpaired) electrons. The standard InChI is InChI=1S/C25H34N8O5/c1-15(2)11-19-24(36)30(10-9-21(26)34)13-22-32(19)25(37)20(12-16(3)4)38-33(22)23(35)17-5-7-18(8-6-17)31-14-27-28-29-31/h5-8,14-16,19-20,22H,9-13H2,1-4H3,(H2,26,34)/t19-,20+,22?/m0/s1. The fraction of sp³-hybridized carbons (Fsp3) is 0.560. The van der Waals surface area contributed by atoms with Crippen LogP contribution >= 0.6 is 0 Å². The number of fused-ring (bicyclic) bond motifs is 1. The molecule has 2 fully saturated rings. The number of primary amides is 1. The number of amides is 4. The van der Waals surface area contributed by atoms with Gasteiger partial charge in [-0.3, -0.25) is 24.0 Å². The Bertz CT molecular complexity index is 1170. The molecule has 0 aliphatic carbocycles. The van der Waals surface area contributed by atoms with E-state index in [-0.39, 0.29) is 43.2 Å². The molecule has 0 bridgehead atoms. The van der Waals surface area contributed by atoms with Crippen LogP contribution in [0.5, 0.6) is 0 Å². The molecule has 38 heavy (non-hydrogen) atoms. The van der Waals surface area contributed by atoms with E-state index in [0.717, 1.165) is 0 Å². The lowest BCUT2D eigenvalue weighted by molar-refractivity contribution is -0.263. The number of hydrogen-bond acceptors (Lipinski definition) is 8. The molecule has 2 N–H and O–H groups in total. The summed E-state index contributed by atoms with van der Waals surface area (Å²) in [6.07, 6.45) is 0.453. The zero-order valence-corrected chi connectivity index (χ0v) is 22.1. The summed E-state index contributed by atoms with van der Waals surface area (Å²) >= 11 is 0. The number of hydrogen-bond donors (Lipinski definition) is 1. The molecule has 3 heterocycles. The smallest absolute Gasteiger partial charge is 0.279 e. The van der Waals surface area contributed by atoms with Crippen LogP contribution in [0.3, 0.4) is 0 Å². The summed E-state index contributed by atoms with van der Waals surface area (Å²) in [5.74, 6) is -1.34. The van der Waals surface area contributed by atoms with Crippen molar-refractivity contribution in [2.24, 2.45) is 17.6 Å². The van der Waals surface area contributed by atoms with Crippen LogP contribution in [0.2, 0.25) is 0 Å². The number of nitrogens with two attached hydrogens (primary N) is 1. The third kappa shape index (κ3) is 5.67. The highest BCUT2D eigenvalue weighted by molar-refractivity contribution is 5.97. The van der Waals surface area contributed by atoms with Crippen LogP contribution in [0.25, 0.3) is 5.69 Å². The molecule has 1 aromatic carbocycles. The highest BCUT2D eigenvalue weighted by Gasteiger charge is 2.53. The lowest BCUT2D eigenvalue weighted by atomic mass is 9.95. The van der Waals surface area contributed by atoms with Crippen LogP contribution in [0.15, 0.2) is 30.6 Å². The van der Waals surface area contributed by atoms with Gasteiger partial charge in [-0.05, 0) is 59.4 Å². The van der Waals surface area contributed by atoms with E-state index in [4.69, 9.17) is 10.6 Å². The molecule has 3 atom stereocenters. The van der Waals surface area contributed by atoms with Crippen molar-refractivity contribution >= 4 is 23.6 Å². The van der Waals surface area contributed by atoms with E-state index in [1.165, 1.54) is 25.9 Å². The largest absolute Gasteiger partial charge is 0.370 e. The summed E-state index contributed by atoms with van der Waals surface area (Å²) < 4.78 is 1.46. The molecule has 1 aromatic heterocycles. The van der Waals surface area contributed by atoms with Crippen molar-refractivity contribution in [2.45, 2.75) is 65.3 Å². The predicted molar refractivity (Wildman–Crippen MR) is 134 cm³/mol. The second-order valence-electron chi connectivity index (χ2n) is 10.5. The van der Waals surface area contributed by atoms with Gasteiger partial charge >= 0.3 is 0 Å². The Hall–Kier alpha value is -3.87. The van der Waals surface area contributed by atoms with Gasteiger partial charge in [0.1, 0.15) is 12.4 Å². The molecule has 2 aromatic rings. The van der Waals surface area contributed by atoms with E-state index in [0.29, 0.717) is 24.1 Å². The Labute approximate surface area is 220 Å². The number of benzene rings is 1. The minimum absolute atomic E-state index is 0.00922. The summed E-state index contributed by atoms with van der Waals surface area (Å²) in [7, 11) is 0. The Morgan fingerprint density at radius 1 is 1.05 bits per heavy atom. The first-order valence-corrected chi connectivity index (χ1v) is 12.8. The minimum atomic E-state index is -0.907. The van der Waals surface area contributed by atoms with Crippen LogP contribution in [-0.4, -0.2) is 90.1 Å². The van der Waals surface area contributed by atoms with Gasteiger partial charge in [0.05, 0.1) is 12.2 Å². The van der Waals surface area contributed by atoms with Gasteiger partial charge in [0.25, 0.3) is 11.8 Å². The number of hydroxylamine groups is 2. The SMILES string of the molecule is CC(C)C[C@H]1ON(C(=O)c2ccc(-n3cnnn3)cc2)C2CN(CCC(N)=O)C(=O)[C@H](CC(C)C)N2C1=O. The van der Waals surface area contributed by atoms with E-state index in [1.54, 1.807) is 24.3 Å². The van der Waals surface area contributed by atoms with E-state index in [9.17, 15) is 19.2 Å². The summed E-state index contributed by atoms with van der Waals surface area (Å²) in [6.45, 7) is 7.97. The van der Waals surface area contributed by atoms with Gasteiger partial charge in [0.15, 0.2) is 12.3 Å². The van der Waals surface area contributed by atoms with Crippen molar-refractivity contribution in [3.8, 4) is 5.69 Å². The topological polar surface area (TPSA) is 157 Å².